The molecule has 1 fully saturated rings. The van der Waals surface area contributed by atoms with Gasteiger partial charge in [-0.1, -0.05) is 16.4 Å². The van der Waals surface area contributed by atoms with E-state index in [0.29, 0.717) is 5.52 Å². The molecule has 10 heteroatoms. The second-order valence-electron chi connectivity index (χ2n) is 4.70. The van der Waals surface area contributed by atoms with Crippen molar-refractivity contribution in [3.8, 4) is 0 Å². The van der Waals surface area contributed by atoms with Crippen LogP contribution in [0.1, 0.15) is 18.9 Å². The predicted molar refractivity (Wildman–Crippen MR) is 74.0 cm³/mol. The monoisotopic (exact) mass is 299 g/mol. The van der Waals surface area contributed by atoms with Crippen LogP contribution >= 0.6 is 0 Å². The maximum atomic E-state index is 12.5. The number of carbonyl (C=O) groups excluding carboxylic acids is 2. The Labute approximate surface area is 122 Å². The summed E-state index contributed by atoms with van der Waals surface area (Å²) in [6.45, 7) is 0. The fourth-order valence-electron chi connectivity index (χ4n) is 2.28. The van der Waals surface area contributed by atoms with E-state index in [-0.39, 0.29) is 29.8 Å². The Bertz CT molecular complexity index is 897. The number of benzene rings is 1. The molecule has 0 aliphatic carbocycles. The normalized spacial score (nSPS) is 17.9. The highest BCUT2D eigenvalue weighted by molar-refractivity contribution is 5.99. The molecule has 1 aliphatic rings. The minimum Gasteiger partial charge on any atom is -0.295 e. The molecule has 1 atom stereocenters. The molecule has 3 rings (SSSR count). The van der Waals surface area contributed by atoms with E-state index in [4.69, 9.17) is 5.53 Å². The molecule has 2 aromatic rings. The number of aromatic nitrogens is 3. The quantitative estimate of drug-likeness (QED) is 0.376. The van der Waals surface area contributed by atoms with Gasteiger partial charge in [-0.05, 0) is 24.1 Å². The van der Waals surface area contributed by atoms with Crippen molar-refractivity contribution in [2.24, 2.45) is 5.11 Å². The number of nitrogens with one attached hydrogen (secondary N) is 1. The van der Waals surface area contributed by atoms with Crippen LogP contribution < -0.4 is 10.9 Å². The zero-order chi connectivity index (χ0) is 15.7. The lowest BCUT2D eigenvalue weighted by molar-refractivity contribution is -0.136. The van der Waals surface area contributed by atoms with Gasteiger partial charge in [0.15, 0.2) is 0 Å². The Kier molecular flexibility index (Phi) is 3.28. The molecule has 1 unspecified atom stereocenters. The molecule has 110 valence electrons. The van der Waals surface area contributed by atoms with E-state index < -0.39 is 17.5 Å². The first kappa shape index (κ1) is 13.7. The average Bonchev–Trinajstić information content (AvgIpc) is 2.49. The summed E-state index contributed by atoms with van der Waals surface area (Å²) in [5, 5.41) is 13.4. The third-order valence-corrected chi connectivity index (χ3v) is 3.33. The Morgan fingerprint density at radius 1 is 1.36 bits per heavy atom. The molecule has 10 nitrogen and oxygen atoms in total. The van der Waals surface area contributed by atoms with Crippen molar-refractivity contribution in [3.63, 3.8) is 0 Å². The summed E-state index contributed by atoms with van der Waals surface area (Å²) in [5.74, 6) is -0.966. The summed E-state index contributed by atoms with van der Waals surface area (Å²) in [7, 11) is 0. The number of carbonyl (C=O) groups is 2. The van der Waals surface area contributed by atoms with Gasteiger partial charge in [-0.2, -0.15) is 4.68 Å². The predicted octanol–water partition coefficient (Wildman–Crippen LogP) is 0.711. The SMILES string of the molecule is [N-]=[N+]=Nc1ccc2nnn(C3CCC(=O)NC3=O)c(=O)c2c1. The van der Waals surface area contributed by atoms with Crippen molar-refractivity contribution in [1.82, 2.24) is 20.3 Å². The average molecular weight is 299 g/mol. The van der Waals surface area contributed by atoms with E-state index in [0.717, 1.165) is 4.68 Å². The maximum absolute atomic E-state index is 12.5. The summed E-state index contributed by atoms with van der Waals surface area (Å²) in [4.78, 5) is 38.1. The highest BCUT2D eigenvalue weighted by Gasteiger charge is 2.30. The Balaban J connectivity index is 2.13. The maximum Gasteiger partial charge on any atom is 0.278 e. The number of fused-ring (bicyclic) bond motifs is 1. The lowest BCUT2D eigenvalue weighted by atomic mass is 10.1. The number of amides is 2. The highest BCUT2D eigenvalue weighted by Crippen LogP contribution is 2.19. The molecule has 0 radical (unpaired) electrons. The zero-order valence-electron chi connectivity index (χ0n) is 11.1. The first-order valence-electron chi connectivity index (χ1n) is 6.38. The van der Waals surface area contributed by atoms with E-state index in [1.165, 1.54) is 18.2 Å². The van der Waals surface area contributed by atoms with Crippen LogP contribution in [-0.2, 0) is 9.59 Å². The molecule has 1 aromatic heterocycles. The molecule has 1 saturated heterocycles. The molecule has 22 heavy (non-hydrogen) atoms. The van der Waals surface area contributed by atoms with Crippen LogP contribution in [-0.4, -0.2) is 26.8 Å². The number of hydrogen-bond acceptors (Lipinski definition) is 6. The first-order valence-corrected chi connectivity index (χ1v) is 6.38. The van der Waals surface area contributed by atoms with E-state index >= 15 is 0 Å². The standard InChI is InChI=1S/C12H9N7O3/c13-17-15-6-1-2-8-7(5-6)12(22)19(18-16-8)9-3-4-10(20)14-11(9)21/h1-2,5,9H,3-4H2,(H,14,20,21). The van der Waals surface area contributed by atoms with Gasteiger partial charge in [0, 0.05) is 17.0 Å². The Hall–Kier alpha value is -3.26. The van der Waals surface area contributed by atoms with Gasteiger partial charge < -0.3 is 0 Å². The van der Waals surface area contributed by atoms with Gasteiger partial charge in [0.1, 0.15) is 11.6 Å². The lowest BCUT2D eigenvalue weighted by Crippen LogP contribution is -2.45. The minimum absolute atomic E-state index is 0.126. The first-order chi connectivity index (χ1) is 10.6. The summed E-state index contributed by atoms with van der Waals surface area (Å²) in [5.41, 5.74) is 8.49. The van der Waals surface area contributed by atoms with Crippen molar-refractivity contribution in [2.45, 2.75) is 18.9 Å². The number of azide groups is 1. The van der Waals surface area contributed by atoms with Crippen LogP contribution in [0.4, 0.5) is 5.69 Å². The van der Waals surface area contributed by atoms with Crippen LogP contribution in [0.2, 0.25) is 0 Å². The summed E-state index contributed by atoms with van der Waals surface area (Å²) < 4.78 is 0.948. The minimum atomic E-state index is -0.884. The van der Waals surface area contributed by atoms with Gasteiger partial charge in [0.25, 0.3) is 11.5 Å². The number of nitrogens with zero attached hydrogens (tertiary/aromatic N) is 6. The van der Waals surface area contributed by atoms with Gasteiger partial charge in [0.05, 0.1) is 5.39 Å². The summed E-state index contributed by atoms with van der Waals surface area (Å²) in [6.07, 6.45) is 0.308. The largest absolute Gasteiger partial charge is 0.295 e. The fourth-order valence-corrected chi connectivity index (χ4v) is 2.28. The number of rotatable bonds is 2. The molecule has 1 aromatic carbocycles. The van der Waals surface area contributed by atoms with Crippen molar-refractivity contribution in [2.75, 3.05) is 0 Å². The van der Waals surface area contributed by atoms with Gasteiger partial charge in [0.2, 0.25) is 5.91 Å². The topological polar surface area (TPSA) is 143 Å². The molecular weight excluding hydrogens is 290 g/mol. The third-order valence-electron chi connectivity index (χ3n) is 3.33. The van der Waals surface area contributed by atoms with Crippen LogP contribution in [0, 0.1) is 0 Å². The lowest BCUT2D eigenvalue weighted by Gasteiger charge is -2.21. The highest BCUT2D eigenvalue weighted by atomic mass is 16.2. The van der Waals surface area contributed by atoms with E-state index in [1.807, 2.05) is 0 Å². The summed E-state index contributed by atoms with van der Waals surface area (Å²) in [6, 6.07) is 3.51. The van der Waals surface area contributed by atoms with Crippen molar-refractivity contribution in [3.05, 3.63) is 39.0 Å². The second-order valence-corrected chi connectivity index (χ2v) is 4.70. The van der Waals surface area contributed by atoms with Gasteiger partial charge in [-0.25, -0.2) is 0 Å². The van der Waals surface area contributed by atoms with E-state index in [1.54, 1.807) is 0 Å². The smallest absolute Gasteiger partial charge is 0.278 e. The van der Waals surface area contributed by atoms with Crippen LogP contribution in [0.15, 0.2) is 28.1 Å². The Morgan fingerprint density at radius 3 is 2.91 bits per heavy atom. The number of piperidine rings is 1. The molecule has 1 aliphatic heterocycles. The summed E-state index contributed by atoms with van der Waals surface area (Å²) >= 11 is 0. The van der Waals surface area contributed by atoms with Crippen molar-refractivity contribution < 1.29 is 9.59 Å². The number of imide groups is 1. The molecule has 0 bridgehead atoms. The van der Waals surface area contributed by atoms with E-state index in [9.17, 15) is 14.4 Å². The van der Waals surface area contributed by atoms with Crippen LogP contribution in [0.25, 0.3) is 21.3 Å². The van der Waals surface area contributed by atoms with Gasteiger partial charge in [-0.3, -0.25) is 19.7 Å². The Morgan fingerprint density at radius 2 is 2.18 bits per heavy atom. The zero-order valence-corrected chi connectivity index (χ0v) is 11.1. The van der Waals surface area contributed by atoms with Crippen molar-refractivity contribution >= 4 is 28.4 Å². The van der Waals surface area contributed by atoms with Gasteiger partial charge >= 0.3 is 0 Å². The number of hydrogen-bond donors (Lipinski definition) is 1. The molecule has 0 saturated carbocycles. The molecule has 2 amide bonds. The van der Waals surface area contributed by atoms with Crippen LogP contribution in [0.5, 0.6) is 0 Å². The molecule has 0 spiro atoms. The fraction of sp³-hybridized carbons (Fsp3) is 0.250. The van der Waals surface area contributed by atoms with Crippen molar-refractivity contribution in [1.29, 1.82) is 0 Å². The molecule has 2 heterocycles. The van der Waals surface area contributed by atoms with Crippen LogP contribution in [0.3, 0.4) is 0 Å². The second kappa shape index (κ2) is 5.26. The molecule has 1 N–H and O–H groups in total. The van der Waals surface area contributed by atoms with Gasteiger partial charge in [-0.15, -0.1) is 5.10 Å². The molecular formula is C12H9N7O3. The third kappa shape index (κ3) is 2.27. The van der Waals surface area contributed by atoms with E-state index in [2.05, 4.69) is 25.7 Å².